The summed E-state index contributed by atoms with van der Waals surface area (Å²) in [5.74, 6) is -0.180. The van der Waals surface area contributed by atoms with E-state index in [4.69, 9.17) is 12.2 Å². The van der Waals surface area contributed by atoms with Gasteiger partial charge in [0.15, 0.2) is 5.11 Å². The normalized spacial score (nSPS) is 19.4. The molecule has 2 fully saturated rings. The van der Waals surface area contributed by atoms with Gasteiger partial charge in [-0.15, -0.1) is 0 Å². The number of carbonyl (C=O) groups is 2. The standard InChI is InChI=1S/C20H27N5O4S/c1-14-7-8-15(17(12-14)25(28)29)21-20(30)22-16-6-2-3-11-24(19(16)27)13-18(26)23-9-4-5-10-23/h7-8,12,16H,2-6,9-11,13H2,1H3,(H2,21,22,30). The monoisotopic (exact) mass is 433 g/mol. The first-order valence-corrected chi connectivity index (χ1v) is 10.6. The molecule has 2 N–H and O–H groups in total. The smallest absolute Gasteiger partial charge is 0.292 e. The van der Waals surface area contributed by atoms with Gasteiger partial charge in [0.25, 0.3) is 5.69 Å². The number of nitro benzene ring substituents is 1. The number of anilines is 1. The van der Waals surface area contributed by atoms with Gasteiger partial charge in [0, 0.05) is 25.7 Å². The van der Waals surface area contributed by atoms with E-state index in [0.29, 0.717) is 13.0 Å². The minimum absolute atomic E-state index is 0.0162. The van der Waals surface area contributed by atoms with E-state index in [0.717, 1.165) is 44.3 Å². The molecule has 3 rings (SSSR count). The molecule has 0 aliphatic carbocycles. The molecular weight excluding hydrogens is 406 g/mol. The second-order valence-corrected chi connectivity index (χ2v) is 8.18. The van der Waals surface area contributed by atoms with E-state index in [2.05, 4.69) is 10.6 Å². The predicted molar refractivity (Wildman–Crippen MR) is 117 cm³/mol. The van der Waals surface area contributed by atoms with E-state index in [1.165, 1.54) is 6.07 Å². The van der Waals surface area contributed by atoms with Crippen LogP contribution in [0, 0.1) is 17.0 Å². The minimum atomic E-state index is -0.566. The number of hydrogen-bond donors (Lipinski definition) is 2. The lowest BCUT2D eigenvalue weighted by molar-refractivity contribution is -0.383. The van der Waals surface area contributed by atoms with E-state index in [9.17, 15) is 19.7 Å². The van der Waals surface area contributed by atoms with E-state index < -0.39 is 11.0 Å². The molecule has 2 aliphatic heterocycles. The average Bonchev–Trinajstić information content (AvgIpc) is 3.19. The maximum absolute atomic E-state index is 13.0. The van der Waals surface area contributed by atoms with E-state index in [1.54, 1.807) is 24.0 Å². The van der Waals surface area contributed by atoms with Crippen LogP contribution >= 0.6 is 12.2 Å². The first-order chi connectivity index (χ1) is 14.3. The zero-order valence-corrected chi connectivity index (χ0v) is 17.9. The molecular formula is C20H27N5O4S. The van der Waals surface area contributed by atoms with Crippen LogP contribution in [-0.2, 0) is 9.59 Å². The summed E-state index contributed by atoms with van der Waals surface area (Å²) in [5, 5.41) is 17.3. The number of rotatable bonds is 5. The summed E-state index contributed by atoms with van der Waals surface area (Å²) in [4.78, 5) is 39.7. The maximum atomic E-state index is 13.0. The van der Waals surface area contributed by atoms with Gasteiger partial charge in [-0.2, -0.15) is 0 Å². The number of thiocarbonyl (C=S) groups is 1. The number of amides is 2. The molecule has 1 aromatic rings. The highest BCUT2D eigenvalue weighted by atomic mass is 32.1. The van der Waals surface area contributed by atoms with Crippen molar-refractivity contribution < 1.29 is 14.5 Å². The van der Waals surface area contributed by atoms with Gasteiger partial charge in [-0.1, -0.05) is 6.07 Å². The molecule has 2 amide bonds. The lowest BCUT2D eigenvalue weighted by atomic mass is 10.1. The number of nitrogens with zero attached hydrogens (tertiary/aromatic N) is 3. The third kappa shape index (κ3) is 5.44. The van der Waals surface area contributed by atoms with Crippen LogP contribution in [0.1, 0.15) is 37.7 Å². The quantitative estimate of drug-likeness (QED) is 0.416. The Kier molecular flexibility index (Phi) is 7.20. The molecule has 0 aromatic heterocycles. The number of aryl methyl sites for hydroxylation is 1. The fourth-order valence-corrected chi connectivity index (χ4v) is 4.09. The molecule has 1 aromatic carbocycles. The second-order valence-electron chi connectivity index (χ2n) is 7.77. The number of nitrogens with one attached hydrogen (secondary N) is 2. The Bertz CT molecular complexity index is 840. The summed E-state index contributed by atoms with van der Waals surface area (Å²) in [7, 11) is 0. The fourth-order valence-electron chi connectivity index (χ4n) is 3.84. The molecule has 10 heteroatoms. The summed E-state index contributed by atoms with van der Waals surface area (Å²) >= 11 is 5.32. The van der Waals surface area contributed by atoms with Crippen molar-refractivity contribution in [1.82, 2.24) is 15.1 Å². The molecule has 1 unspecified atom stereocenters. The van der Waals surface area contributed by atoms with Gasteiger partial charge in [0.1, 0.15) is 11.7 Å². The number of likely N-dealkylation sites (tertiary alicyclic amines) is 2. The Balaban J connectivity index is 1.63. The summed E-state index contributed by atoms with van der Waals surface area (Å²) in [6, 6.07) is 4.24. The van der Waals surface area contributed by atoms with Gasteiger partial charge in [0.05, 0.1) is 11.5 Å². The molecule has 2 aliphatic rings. The van der Waals surface area contributed by atoms with Gasteiger partial charge in [-0.3, -0.25) is 19.7 Å². The number of hydrogen-bond acceptors (Lipinski definition) is 5. The zero-order valence-electron chi connectivity index (χ0n) is 17.1. The Labute approximate surface area is 180 Å². The Morgan fingerprint density at radius 3 is 2.63 bits per heavy atom. The van der Waals surface area contributed by atoms with Crippen LogP contribution < -0.4 is 10.6 Å². The molecule has 0 saturated carbocycles. The SMILES string of the molecule is Cc1ccc(NC(=S)NC2CCCCN(CC(=O)N3CCCC3)C2=O)c([N+](=O)[O-])c1. The minimum Gasteiger partial charge on any atom is -0.351 e. The van der Waals surface area contributed by atoms with Gasteiger partial charge in [0.2, 0.25) is 11.8 Å². The Hall–Kier alpha value is -2.75. The van der Waals surface area contributed by atoms with Crippen molar-refractivity contribution in [2.75, 3.05) is 31.5 Å². The summed E-state index contributed by atoms with van der Waals surface area (Å²) < 4.78 is 0. The van der Waals surface area contributed by atoms with E-state index in [1.807, 2.05) is 4.90 Å². The summed E-state index contributed by atoms with van der Waals surface area (Å²) in [5.41, 5.74) is 0.956. The van der Waals surface area contributed by atoms with Crippen LogP contribution in [0.25, 0.3) is 0 Å². The zero-order chi connectivity index (χ0) is 21.7. The number of nitro groups is 1. The highest BCUT2D eigenvalue weighted by Gasteiger charge is 2.30. The first kappa shape index (κ1) is 21.9. The molecule has 0 radical (unpaired) electrons. The average molecular weight is 434 g/mol. The van der Waals surface area contributed by atoms with Crippen molar-refractivity contribution in [2.24, 2.45) is 0 Å². The van der Waals surface area contributed by atoms with Crippen LogP contribution in [-0.4, -0.2) is 63.9 Å². The Morgan fingerprint density at radius 1 is 1.23 bits per heavy atom. The molecule has 9 nitrogen and oxygen atoms in total. The largest absolute Gasteiger partial charge is 0.351 e. The van der Waals surface area contributed by atoms with Crippen LogP contribution in [0.5, 0.6) is 0 Å². The van der Waals surface area contributed by atoms with Crippen LogP contribution in [0.2, 0.25) is 0 Å². The number of carbonyl (C=O) groups excluding carboxylic acids is 2. The highest BCUT2D eigenvalue weighted by molar-refractivity contribution is 7.80. The van der Waals surface area contributed by atoms with Gasteiger partial charge < -0.3 is 20.4 Å². The van der Waals surface area contributed by atoms with Crippen molar-refractivity contribution in [3.63, 3.8) is 0 Å². The van der Waals surface area contributed by atoms with Crippen molar-refractivity contribution in [2.45, 2.75) is 45.1 Å². The van der Waals surface area contributed by atoms with E-state index in [-0.39, 0.29) is 34.8 Å². The van der Waals surface area contributed by atoms with Crippen LogP contribution in [0.3, 0.4) is 0 Å². The second kappa shape index (κ2) is 9.84. The molecule has 30 heavy (non-hydrogen) atoms. The fraction of sp³-hybridized carbons (Fsp3) is 0.550. The van der Waals surface area contributed by atoms with Crippen molar-refractivity contribution in [3.05, 3.63) is 33.9 Å². The summed E-state index contributed by atoms with van der Waals surface area (Å²) in [6.45, 7) is 3.91. The maximum Gasteiger partial charge on any atom is 0.292 e. The third-order valence-electron chi connectivity index (χ3n) is 5.47. The molecule has 1 atom stereocenters. The van der Waals surface area contributed by atoms with Crippen LogP contribution in [0.4, 0.5) is 11.4 Å². The molecule has 2 heterocycles. The van der Waals surface area contributed by atoms with Gasteiger partial charge in [-0.25, -0.2) is 0 Å². The topological polar surface area (TPSA) is 108 Å². The lowest BCUT2D eigenvalue weighted by Gasteiger charge is -2.27. The number of benzene rings is 1. The highest BCUT2D eigenvalue weighted by Crippen LogP contribution is 2.25. The Morgan fingerprint density at radius 2 is 1.93 bits per heavy atom. The van der Waals surface area contributed by atoms with Crippen LogP contribution in [0.15, 0.2) is 18.2 Å². The van der Waals surface area contributed by atoms with Crippen molar-refractivity contribution >= 4 is 40.5 Å². The lowest BCUT2D eigenvalue weighted by Crippen LogP contribution is -2.51. The van der Waals surface area contributed by atoms with Crippen molar-refractivity contribution in [3.8, 4) is 0 Å². The van der Waals surface area contributed by atoms with Crippen molar-refractivity contribution in [1.29, 1.82) is 0 Å². The molecule has 0 spiro atoms. The molecule has 2 saturated heterocycles. The van der Waals surface area contributed by atoms with Gasteiger partial charge >= 0.3 is 0 Å². The summed E-state index contributed by atoms with van der Waals surface area (Å²) in [6.07, 6.45) is 4.25. The third-order valence-corrected chi connectivity index (χ3v) is 5.69. The molecule has 0 bridgehead atoms. The first-order valence-electron chi connectivity index (χ1n) is 10.2. The predicted octanol–water partition coefficient (Wildman–Crippen LogP) is 2.19. The van der Waals surface area contributed by atoms with Gasteiger partial charge in [-0.05, 0) is 62.9 Å². The molecule has 162 valence electrons. The van der Waals surface area contributed by atoms with E-state index >= 15 is 0 Å².